The number of rotatable bonds is 6. The molecular weight excluding hydrogens is 210 g/mol. The van der Waals surface area contributed by atoms with Gasteiger partial charge in [-0.3, -0.25) is 0 Å². The van der Waals surface area contributed by atoms with Crippen LogP contribution in [0.4, 0.5) is 0 Å². The molecule has 3 nitrogen and oxygen atoms in total. The molecule has 0 N–H and O–H groups in total. The summed E-state index contributed by atoms with van der Waals surface area (Å²) in [6, 6.07) is 0.137. The van der Waals surface area contributed by atoms with Crippen LogP contribution < -0.4 is 0 Å². The van der Waals surface area contributed by atoms with Crippen LogP contribution in [0.1, 0.15) is 47.0 Å². The molecule has 0 unspecified atom stereocenters. The van der Waals surface area contributed by atoms with Crippen molar-refractivity contribution >= 4 is 10.0 Å². The van der Waals surface area contributed by atoms with Crippen LogP contribution in [0, 0.1) is 5.92 Å². The van der Waals surface area contributed by atoms with Gasteiger partial charge in [0.1, 0.15) is 0 Å². The molecule has 1 aliphatic carbocycles. The molecule has 0 saturated heterocycles. The molecule has 0 aliphatic heterocycles. The fourth-order valence-electron chi connectivity index (χ4n) is 1.56. The highest BCUT2D eigenvalue weighted by Gasteiger charge is 2.34. The molecule has 15 heavy (non-hydrogen) atoms. The predicted octanol–water partition coefficient (Wildman–Crippen LogP) is 2.24. The van der Waals surface area contributed by atoms with E-state index in [0.29, 0.717) is 5.92 Å². The lowest BCUT2D eigenvalue weighted by Gasteiger charge is -2.29. The Morgan fingerprint density at radius 1 is 1.27 bits per heavy atom. The molecule has 90 valence electrons. The Labute approximate surface area is 93.9 Å². The van der Waals surface area contributed by atoms with Crippen LogP contribution in [0.15, 0.2) is 0 Å². The molecule has 0 aromatic carbocycles. The maximum absolute atomic E-state index is 12.1. The zero-order chi connectivity index (χ0) is 11.6. The van der Waals surface area contributed by atoms with E-state index in [1.165, 1.54) is 12.8 Å². The summed E-state index contributed by atoms with van der Waals surface area (Å²) in [6.45, 7) is 8.30. The van der Waals surface area contributed by atoms with Gasteiger partial charge in [0.15, 0.2) is 0 Å². The average molecular weight is 233 g/mol. The van der Waals surface area contributed by atoms with E-state index in [-0.39, 0.29) is 11.3 Å². The molecule has 1 saturated carbocycles. The van der Waals surface area contributed by atoms with Crippen molar-refractivity contribution in [3.63, 3.8) is 0 Å². The van der Waals surface area contributed by atoms with Crippen LogP contribution in [0.5, 0.6) is 0 Å². The summed E-state index contributed by atoms with van der Waals surface area (Å²) in [7, 11) is -3.07. The predicted molar refractivity (Wildman–Crippen MR) is 63.2 cm³/mol. The summed E-state index contributed by atoms with van der Waals surface area (Å²) < 4.78 is 26.0. The van der Waals surface area contributed by atoms with E-state index in [4.69, 9.17) is 0 Å². The molecule has 0 bridgehead atoms. The van der Waals surface area contributed by atoms with Crippen molar-refractivity contribution in [3.8, 4) is 0 Å². The minimum atomic E-state index is -3.07. The lowest BCUT2D eigenvalue weighted by atomic mass is 10.2. The van der Waals surface area contributed by atoms with Crippen molar-refractivity contribution in [3.05, 3.63) is 0 Å². The van der Waals surface area contributed by atoms with Crippen molar-refractivity contribution in [2.45, 2.75) is 58.2 Å². The van der Waals surface area contributed by atoms with E-state index in [1.807, 2.05) is 13.8 Å². The number of hydrogen-bond acceptors (Lipinski definition) is 2. The van der Waals surface area contributed by atoms with Crippen molar-refractivity contribution in [1.82, 2.24) is 4.31 Å². The van der Waals surface area contributed by atoms with Crippen LogP contribution in [-0.2, 0) is 10.0 Å². The zero-order valence-corrected chi connectivity index (χ0v) is 11.0. The fraction of sp³-hybridized carbons (Fsp3) is 1.00. The minimum absolute atomic E-state index is 0.137. The first-order valence-corrected chi connectivity index (χ1v) is 7.40. The van der Waals surface area contributed by atoms with Crippen LogP contribution in [0.3, 0.4) is 0 Å². The summed E-state index contributed by atoms with van der Waals surface area (Å²) in [6.07, 6.45) is 3.28. The third kappa shape index (κ3) is 3.18. The highest BCUT2D eigenvalue weighted by atomic mass is 32.2. The normalized spacial score (nSPS) is 19.9. The van der Waals surface area contributed by atoms with Crippen LogP contribution in [0.25, 0.3) is 0 Å². The molecule has 0 aromatic heterocycles. The molecule has 1 aliphatic rings. The van der Waals surface area contributed by atoms with E-state index in [9.17, 15) is 8.42 Å². The van der Waals surface area contributed by atoms with Gasteiger partial charge in [-0.05, 0) is 46.0 Å². The monoisotopic (exact) mass is 233 g/mol. The Hall–Kier alpha value is -0.0900. The maximum Gasteiger partial charge on any atom is 0.216 e. The van der Waals surface area contributed by atoms with Crippen LogP contribution >= 0.6 is 0 Å². The topological polar surface area (TPSA) is 37.4 Å². The van der Waals surface area contributed by atoms with Crippen molar-refractivity contribution < 1.29 is 8.42 Å². The van der Waals surface area contributed by atoms with Gasteiger partial charge in [-0.15, -0.1) is 0 Å². The standard InChI is InChI=1S/C11H23NO2S/c1-5-10(4)12(8-11-6-7-11)15(13,14)9(2)3/h9-11H,5-8H2,1-4H3/t10-/m1/s1. The van der Waals surface area contributed by atoms with Crippen molar-refractivity contribution in [1.29, 1.82) is 0 Å². The highest BCUT2D eigenvalue weighted by molar-refractivity contribution is 7.89. The highest BCUT2D eigenvalue weighted by Crippen LogP contribution is 2.32. The largest absolute Gasteiger partial charge is 0.216 e. The van der Waals surface area contributed by atoms with Gasteiger partial charge in [-0.25, -0.2) is 8.42 Å². The smallest absolute Gasteiger partial charge is 0.212 e. The summed E-state index contributed by atoms with van der Waals surface area (Å²) in [4.78, 5) is 0. The van der Waals surface area contributed by atoms with E-state index in [0.717, 1.165) is 13.0 Å². The van der Waals surface area contributed by atoms with Gasteiger partial charge >= 0.3 is 0 Å². The molecule has 1 rings (SSSR count). The summed E-state index contributed by atoms with van der Waals surface area (Å²) in [5, 5.41) is -0.301. The molecule has 1 atom stereocenters. The minimum Gasteiger partial charge on any atom is -0.212 e. The van der Waals surface area contributed by atoms with E-state index < -0.39 is 10.0 Å². The fourth-order valence-corrected chi connectivity index (χ4v) is 3.17. The molecule has 0 heterocycles. The maximum atomic E-state index is 12.1. The second-order valence-electron chi connectivity index (χ2n) is 4.86. The number of hydrogen-bond donors (Lipinski definition) is 0. The van der Waals surface area contributed by atoms with Crippen LogP contribution in [0.2, 0.25) is 0 Å². The second kappa shape index (κ2) is 4.83. The van der Waals surface area contributed by atoms with Crippen molar-refractivity contribution in [2.24, 2.45) is 5.92 Å². The first-order chi connectivity index (χ1) is 6.89. The zero-order valence-electron chi connectivity index (χ0n) is 10.2. The molecule has 4 heteroatoms. The molecule has 0 amide bonds. The quantitative estimate of drug-likeness (QED) is 0.705. The first kappa shape index (κ1) is 13.0. The number of sulfonamides is 1. The Balaban J connectivity index is 2.78. The second-order valence-corrected chi connectivity index (χ2v) is 7.31. The van der Waals surface area contributed by atoms with Gasteiger partial charge in [0.25, 0.3) is 0 Å². The van der Waals surface area contributed by atoms with E-state index in [2.05, 4.69) is 0 Å². The molecular formula is C11H23NO2S. The van der Waals surface area contributed by atoms with Gasteiger partial charge in [0, 0.05) is 12.6 Å². The van der Waals surface area contributed by atoms with E-state index >= 15 is 0 Å². The average Bonchev–Trinajstić information content (AvgIpc) is 2.96. The lowest BCUT2D eigenvalue weighted by molar-refractivity contribution is 0.315. The number of nitrogens with zero attached hydrogens (tertiary/aromatic N) is 1. The Bertz CT molecular complexity index is 294. The van der Waals surface area contributed by atoms with Crippen molar-refractivity contribution in [2.75, 3.05) is 6.54 Å². The molecule has 1 fully saturated rings. The van der Waals surface area contributed by atoms with Gasteiger partial charge in [0.2, 0.25) is 10.0 Å². The third-order valence-electron chi connectivity index (χ3n) is 3.14. The lowest BCUT2D eigenvalue weighted by Crippen LogP contribution is -2.43. The Morgan fingerprint density at radius 3 is 2.13 bits per heavy atom. The van der Waals surface area contributed by atoms with Gasteiger partial charge in [-0.2, -0.15) is 4.31 Å². The molecule has 0 radical (unpaired) electrons. The van der Waals surface area contributed by atoms with Gasteiger partial charge < -0.3 is 0 Å². The SMILES string of the molecule is CC[C@@H](C)N(CC1CC1)S(=O)(=O)C(C)C. The van der Waals surface area contributed by atoms with E-state index in [1.54, 1.807) is 18.2 Å². The van der Waals surface area contributed by atoms with Gasteiger partial charge in [0.05, 0.1) is 5.25 Å². The third-order valence-corrected chi connectivity index (χ3v) is 5.49. The summed E-state index contributed by atoms with van der Waals surface area (Å²) >= 11 is 0. The first-order valence-electron chi connectivity index (χ1n) is 5.90. The summed E-state index contributed by atoms with van der Waals surface area (Å²) in [5.41, 5.74) is 0. The summed E-state index contributed by atoms with van der Waals surface area (Å²) in [5.74, 6) is 0.618. The Kier molecular flexibility index (Phi) is 4.18. The molecule has 0 aromatic rings. The van der Waals surface area contributed by atoms with Gasteiger partial charge in [-0.1, -0.05) is 6.92 Å². The molecule has 0 spiro atoms. The Morgan fingerprint density at radius 2 is 1.80 bits per heavy atom. The van der Waals surface area contributed by atoms with Crippen LogP contribution in [-0.4, -0.2) is 30.6 Å².